The number of anilines is 1. The molecule has 8 rings (SSSR count). The Morgan fingerprint density at radius 3 is 1.54 bits per heavy atom. The molecular weight excluding hydrogens is 953 g/mol. The maximum atomic E-state index is 14.6. The highest BCUT2D eigenvalue weighted by molar-refractivity contribution is 9.10. The predicted molar refractivity (Wildman–Crippen MR) is 232 cm³/mol. The first-order valence-corrected chi connectivity index (χ1v) is 21.2. The molecule has 4 fully saturated rings. The third kappa shape index (κ3) is 12.2. The third-order valence-electron chi connectivity index (χ3n) is 11.1. The molecule has 2 aliphatic carbocycles. The number of hydrogen-bond acceptors (Lipinski definition) is 10. The van der Waals surface area contributed by atoms with Crippen molar-refractivity contribution in [2.45, 2.75) is 63.7 Å². The Morgan fingerprint density at radius 2 is 1.11 bits per heavy atom. The summed E-state index contributed by atoms with van der Waals surface area (Å²) >= 11 is 14.8. The van der Waals surface area contributed by atoms with E-state index in [0.29, 0.717) is 57.8 Å². The van der Waals surface area contributed by atoms with Crippen molar-refractivity contribution in [3.63, 3.8) is 0 Å². The standard InChI is InChI=1S/C22H19ClFN3O2.C15H17ClN2O2.C7H3BrFN.2CO2/c1-14-9-22(10-14)21(29)26(19-7-4-16(11-25)8-18(19)24)13-20(28)27(22)12-15-2-5-17(23)6-3-15;1-10-6-15(7-10)14(20)17-8-13(19)18(15)9-11-2-4-12(16)5-3-11;8-6-2-1-5(4-10)3-7(6)9;2*2-1-3/h2-8,14H,9-10,12-13H2,1H3;2-5,10H,6-9H2,1H3,(H,17,20);1-3H;;. The zero-order valence-electron chi connectivity index (χ0n) is 34.8. The second-order valence-corrected chi connectivity index (χ2v) is 17.3. The zero-order valence-corrected chi connectivity index (χ0v) is 37.9. The van der Waals surface area contributed by atoms with Crippen molar-refractivity contribution in [3.05, 3.63) is 133 Å². The molecule has 2 saturated heterocycles. The lowest BCUT2D eigenvalue weighted by molar-refractivity contribution is -0.193. The van der Waals surface area contributed by atoms with Crippen LogP contribution in [0.5, 0.6) is 0 Å². The third-order valence-corrected chi connectivity index (χ3v) is 12.2. The minimum atomic E-state index is -0.964. The number of amides is 4. The molecule has 4 aliphatic rings. The summed E-state index contributed by atoms with van der Waals surface area (Å²) in [5.41, 5.74) is 0.818. The molecule has 0 radical (unpaired) electrons. The van der Waals surface area contributed by atoms with Gasteiger partial charge in [-0.25, -0.2) is 8.78 Å². The van der Waals surface area contributed by atoms with Crippen molar-refractivity contribution in [2.24, 2.45) is 11.8 Å². The van der Waals surface area contributed by atoms with E-state index in [4.69, 9.17) is 52.9 Å². The molecule has 1 N–H and O–H groups in total. The van der Waals surface area contributed by atoms with Crippen molar-refractivity contribution in [1.82, 2.24) is 15.1 Å². The summed E-state index contributed by atoms with van der Waals surface area (Å²) in [5.74, 6) is -0.818. The van der Waals surface area contributed by atoms with E-state index in [1.807, 2.05) is 43.3 Å². The molecule has 0 unspecified atom stereocenters. The van der Waals surface area contributed by atoms with Crippen LogP contribution in [0.4, 0.5) is 14.5 Å². The fraction of sp³-hybridized carbons (Fsp3) is 0.304. The summed E-state index contributed by atoms with van der Waals surface area (Å²) in [6, 6.07) is 26.5. The number of carbonyl (C=O) groups excluding carboxylic acids is 8. The average molecular weight is 993 g/mol. The van der Waals surface area contributed by atoms with Gasteiger partial charge in [0.25, 0.3) is 5.91 Å². The minimum absolute atomic E-state index is 0.00792. The van der Waals surface area contributed by atoms with Gasteiger partial charge >= 0.3 is 12.3 Å². The fourth-order valence-electron chi connectivity index (χ4n) is 8.24. The molecular formula is C46H39BrCl2F2N6O8. The lowest BCUT2D eigenvalue weighted by atomic mass is 9.66. The van der Waals surface area contributed by atoms with E-state index in [-0.39, 0.29) is 60.3 Å². The van der Waals surface area contributed by atoms with Crippen LogP contribution in [0.3, 0.4) is 0 Å². The monoisotopic (exact) mass is 990 g/mol. The topological polar surface area (TPSA) is 206 Å². The molecule has 4 amide bonds. The van der Waals surface area contributed by atoms with E-state index < -0.39 is 22.7 Å². The highest BCUT2D eigenvalue weighted by Gasteiger charge is 2.59. The van der Waals surface area contributed by atoms with Crippen LogP contribution in [0.2, 0.25) is 10.0 Å². The second kappa shape index (κ2) is 22.9. The predicted octanol–water partition coefficient (Wildman–Crippen LogP) is 7.15. The average Bonchev–Trinajstić information content (AvgIpc) is 3.25. The van der Waals surface area contributed by atoms with Crippen LogP contribution in [0.25, 0.3) is 0 Å². The number of nitrogens with zero attached hydrogens (tertiary/aromatic N) is 5. The zero-order chi connectivity index (χ0) is 48.1. The number of nitrogens with one attached hydrogen (secondary N) is 1. The van der Waals surface area contributed by atoms with Gasteiger partial charge in [-0.2, -0.15) is 29.7 Å². The summed E-state index contributed by atoms with van der Waals surface area (Å²) in [7, 11) is 0. The summed E-state index contributed by atoms with van der Waals surface area (Å²) in [5, 5.41) is 21.3. The molecule has 2 saturated carbocycles. The van der Waals surface area contributed by atoms with Gasteiger partial charge in [-0.15, -0.1) is 0 Å². The summed E-state index contributed by atoms with van der Waals surface area (Å²) < 4.78 is 27.5. The summed E-state index contributed by atoms with van der Waals surface area (Å²) in [6.07, 6.45) is 3.08. The van der Waals surface area contributed by atoms with Crippen LogP contribution in [0, 0.1) is 46.1 Å². The maximum Gasteiger partial charge on any atom is 0.373 e. The van der Waals surface area contributed by atoms with Gasteiger partial charge in [-0.3, -0.25) is 24.1 Å². The van der Waals surface area contributed by atoms with E-state index in [9.17, 15) is 28.0 Å². The summed E-state index contributed by atoms with van der Waals surface area (Å²) in [4.78, 5) is 88.1. The number of halogens is 5. The van der Waals surface area contributed by atoms with Crippen LogP contribution in [-0.2, 0) is 51.4 Å². The molecule has 0 bridgehead atoms. The summed E-state index contributed by atoms with van der Waals surface area (Å²) in [6.45, 7) is 4.78. The van der Waals surface area contributed by atoms with Crippen LogP contribution >= 0.6 is 39.1 Å². The molecule has 2 spiro atoms. The van der Waals surface area contributed by atoms with Crippen molar-refractivity contribution < 1.29 is 47.1 Å². The first kappa shape index (κ1) is 51.1. The number of nitriles is 2. The minimum Gasteiger partial charge on any atom is -0.345 e. The Hall–Kier alpha value is -6.58. The van der Waals surface area contributed by atoms with E-state index in [2.05, 4.69) is 28.2 Å². The molecule has 2 heterocycles. The molecule has 4 aromatic carbocycles. The van der Waals surface area contributed by atoms with Crippen LogP contribution in [0.15, 0.2) is 89.4 Å². The highest BCUT2D eigenvalue weighted by Crippen LogP contribution is 2.47. The number of carbonyl (C=O) groups is 4. The van der Waals surface area contributed by atoms with Crippen LogP contribution < -0.4 is 10.2 Å². The Morgan fingerprint density at radius 1 is 0.677 bits per heavy atom. The van der Waals surface area contributed by atoms with Crippen molar-refractivity contribution in [3.8, 4) is 12.1 Å². The Bertz CT molecular complexity index is 2550. The number of hydrogen-bond donors (Lipinski definition) is 1. The van der Waals surface area contributed by atoms with E-state index in [0.717, 1.165) is 30.0 Å². The molecule has 4 aromatic rings. The molecule has 0 atom stereocenters. The lowest BCUT2D eigenvalue weighted by Gasteiger charge is -2.56. The maximum absolute atomic E-state index is 14.6. The molecule has 2 aliphatic heterocycles. The number of piperazine rings is 2. The highest BCUT2D eigenvalue weighted by atomic mass is 79.9. The Balaban J connectivity index is 0.000000221. The number of benzene rings is 4. The van der Waals surface area contributed by atoms with Crippen molar-refractivity contribution in [1.29, 1.82) is 10.5 Å². The van der Waals surface area contributed by atoms with Gasteiger partial charge in [0.15, 0.2) is 0 Å². The van der Waals surface area contributed by atoms with Crippen molar-refractivity contribution in [2.75, 3.05) is 18.0 Å². The van der Waals surface area contributed by atoms with Gasteiger partial charge < -0.3 is 15.1 Å². The molecule has 0 aromatic heterocycles. The SMILES string of the molecule is CC1CC2(C1)C(=O)N(c1ccc(C#N)cc1F)CC(=O)N2Cc1ccc(Cl)cc1.CC1CC2(C1)C(=O)NCC(=O)N2Cc1ccc(Cl)cc1.N#Cc1ccc(Br)c(F)c1.O=C=O.O=C=O. The van der Waals surface area contributed by atoms with Gasteiger partial charge in [-0.05, 0) is 125 Å². The molecule has 14 nitrogen and oxygen atoms in total. The Labute approximate surface area is 390 Å². The first-order chi connectivity index (χ1) is 30.9. The molecule has 65 heavy (non-hydrogen) atoms. The van der Waals surface area contributed by atoms with Gasteiger partial charge in [0.05, 0.1) is 40.0 Å². The normalized spacial score (nSPS) is 21.3. The lowest BCUT2D eigenvalue weighted by Crippen LogP contribution is -2.72. The van der Waals surface area contributed by atoms with Gasteiger partial charge in [0.1, 0.15) is 29.3 Å². The number of rotatable bonds is 5. The van der Waals surface area contributed by atoms with E-state index >= 15 is 0 Å². The quantitative estimate of drug-likeness (QED) is 0.214. The van der Waals surface area contributed by atoms with E-state index in [1.165, 1.54) is 29.2 Å². The largest absolute Gasteiger partial charge is 0.373 e. The molecule has 336 valence electrons. The molecule has 19 heteroatoms. The van der Waals surface area contributed by atoms with Crippen LogP contribution in [0.1, 0.15) is 61.8 Å². The van der Waals surface area contributed by atoms with E-state index in [1.54, 1.807) is 40.1 Å². The van der Waals surface area contributed by atoms with Gasteiger partial charge in [0, 0.05) is 23.1 Å². The first-order valence-electron chi connectivity index (χ1n) is 19.7. The Kier molecular flexibility index (Phi) is 18.0. The van der Waals surface area contributed by atoms with Crippen LogP contribution in [-0.4, -0.2) is 69.9 Å². The second-order valence-electron chi connectivity index (χ2n) is 15.6. The van der Waals surface area contributed by atoms with Gasteiger partial charge in [0.2, 0.25) is 17.7 Å². The van der Waals surface area contributed by atoms with Gasteiger partial charge in [-0.1, -0.05) is 61.3 Å². The van der Waals surface area contributed by atoms with Crippen molar-refractivity contribution >= 4 is 80.8 Å². The smallest absolute Gasteiger partial charge is 0.345 e. The fourth-order valence-corrected chi connectivity index (χ4v) is 8.74.